The van der Waals surface area contributed by atoms with Crippen LogP contribution in [0.4, 0.5) is 10.5 Å². The second-order valence-corrected chi connectivity index (χ2v) is 9.45. The minimum absolute atomic E-state index is 0.0342. The number of benzene rings is 2. The molecule has 1 saturated heterocycles. The lowest BCUT2D eigenvalue weighted by Crippen LogP contribution is -2.54. The Morgan fingerprint density at radius 1 is 0.892 bits per heavy atom. The number of urea groups is 1. The fourth-order valence-corrected chi connectivity index (χ4v) is 4.74. The topological polar surface area (TPSA) is 109 Å². The zero-order valence-electron chi connectivity index (χ0n) is 21.3. The van der Waals surface area contributed by atoms with E-state index in [1.165, 1.54) is 5.39 Å². The third-order valence-corrected chi connectivity index (χ3v) is 6.95. The number of nitrogens with one attached hydrogen (secondary N) is 2. The predicted octanol–water partition coefficient (Wildman–Crippen LogP) is 4.38. The highest BCUT2D eigenvalue weighted by Crippen LogP contribution is 2.27. The van der Waals surface area contributed by atoms with Gasteiger partial charge in [-0.15, -0.1) is 0 Å². The molecule has 9 heteroatoms. The Hall–Kier alpha value is -3.85. The van der Waals surface area contributed by atoms with Crippen LogP contribution in [-0.4, -0.2) is 70.6 Å². The van der Waals surface area contributed by atoms with Crippen LogP contribution in [-0.2, 0) is 9.59 Å². The van der Waals surface area contributed by atoms with E-state index in [1.807, 2.05) is 46.3 Å². The molecule has 0 aliphatic carbocycles. The number of rotatable bonds is 9. The number of aromatic amines is 1. The van der Waals surface area contributed by atoms with Gasteiger partial charge < -0.3 is 14.8 Å². The molecule has 2 heterocycles. The summed E-state index contributed by atoms with van der Waals surface area (Å²) in [6, 6.07) is 16.4. The van der Waals surface area contributed by atoms with Crippen LogP contribution in [0.15, 0.2) is 54.7 Å². The van der Waals surface area contributed by atoms with Crippen molar-refractivity contribution in [2.24, 2.45) is 0 Å². The number of amides is 4. The predicted molar refractivity (Wildman–Crippen MR) is 143 cm³/mol. The highest BCUT2D eigenvalue weighted by atomic mass is 16.5. The number of fused-ring (bicyclic) bond motifs is 1. The van der Waals surface area contributed by atoms with Crippen molar-refractivity contribution in [1.29, 1.82) is 0 Å². The molecule has 0 unspecified atom stereocenters. The molecule has 1 fully saturated rings. The Morgan fingerprint density at radius 3 is 2.27 bits per heavy atom. The Morgan fingerprint density at radius 2 is 1.57 bits per heavy atom. The second-order valence-electron chi connectivity index (χ2n) is 9.45. The van der Waals surface area contributed by atoms with Gasteiger partial charge in [0.1, 0.15) is 0 Å². The second kappa shape index (κ2) is 12.4. The standard InChI is InChI=1S/C28H35N5O4/c1-21(34)31-16-18-32(19-17-31)28(36)33(15-5-3-2-4-6-27(35)30-37)25-11-9-22(10-12-25)24-8-7-23-13-14-29-26(23)20-24/h7-14,20,29,37H,2-6,15-19H2,1H3,(H,30,35). The number of carbonyl (C=O) groups is 3. The molecule has 1 aliphatic rings. The van der Waals surface area contributed by atoms with E-state index in [0.29, 0.717) is 39.1 Å². The van der Waals surface area contributed by atoms with Gasteiger partial charge in [-0.2, -0.15) is 0 Å². The molecule has 196 valence electrons. The zero-order chi connectivity index (χ0) is 26.2. The van der Waals surface area contributed by atoms with Crippen LogP contribution in [0.3, 0.4) is 0 Å². The molecule has 0 atom stereocenters. The van der Waals surface area contributed by atoms with Gasteiger partial charge in [-0.1, -0.05) is 37.1 Å². The van der Waals surface area contributed by atoms with Gasteiger partial charge in [0, 0.05) is 63.5 Å². The monoisotopic (exact) mass is 505 g/mol. The SMILES string of the molecule is CC(=O)N1CCN(C(=O)N(CCCCCCC(=O)NO)c2ccc(-c3ccc4cc[nH]c4c3)cc2)CC1. The average Bonchev–Trinajstić information content (AvgIpc) is 3.40. The summed E-state index contributed by atoms with van der Waals surface area (Å²) in [6.07, 6.45) is 5.41. The molecule has 0 spiro atoms. The smallest absolute Gasteiger partial charge is 0.324 e. The summed E-state index contributed by atoms with van der Waals surface area (Å²) < 4.78 is 0. The number of hydrogen-bond donors (Lipinski definition) is 3. The van der Waals surface area contributed by atoms with Crippen molar-refractivity contribution in [3.63, 3.8) is 0 Å². The fraction of sp³-hybridized carbons (Fsp3) is 0.393. The molecule has 0 saturated carbocycles. The molecule has 1 aromatic heterocycles. The number of unbranched alkanes of at least 4 members (excludes halogenated alkanes) is 3. The van der Waals surface area contributed by atoms with Crippen LogP contribution in [0.5, 0.6) is 0 Å². The normalized spacial score (nSPS) is 13.6. The Kier molecular flexibility index (Phi) is 8.79. The number of hydrogen-bond acceptors (Lipinski definition) is 4. The number of piperazine rings is 1. The fourth-order valence-electron chi connectivity index (χ4n) is 4.74. The number of nitrogens with zero attached hydrogens (tertiary/aromatic N) is 3. The van der Waals surface area contributed by atoms with Crippen molar-refractivity contribution in [3.05, 3.63) is 54.7 Å². The summed E-state index contributed by atoms with van der Waals surface area (Å²) in [5.74, 6) is -0.344. The molecule has 0 bridgehead atoms. The maximum Gasteiger partial charge on any atom is 0.324 e. The van der Waals surface area contributed by atoms with Gasteiger partial charge in [0.25, 0.3) is 0 Å². The van der Waals surface area contributed by atoms with Crippen LogP contribution < -0.4 is 10.4 Å². The number of hydroxylamine groups is 1. The third-order valence-electron chi connectivity index (χ3n) is 6.95. The van der Waals surface area contributed by atoms with E-state index in [4.69, 9.17) is 5.21 Å². The van der Waals surface area contributed by atoms with Crippen LogP contribution in [0.2, 0.25) is 0 Å². The summed E-state index contributed by atoms with van der Waals surface area (Å²) in [6.45, 7) is 4.23. The van der Waals surface area contributed by atoms with Crippen molar-refractivity contribution >= 4 is 34.4 Å². The maximum absolute atomic E-state index is 13.6. The Bertz CT molecular complexity index is 1210. The molecule has 3 N–H and O–H groups in total. The maximum atomic E-state index is 13.6. The third kappa shape index (κ3) is 6.68. The van der Waals surface area contributed by atoms with Gasteiger partial charge in [-0.05, 0) is 53.6 Å². The van der Waals surface area contributed by atoms with Crippen LogP contribution in [0.1, 0.15) is 39.0 Å². The molecular formula is C28H35N5O4. The van der Waals surface area contributed by atoms with Crippen LogP contribution >= 0.6 is 0 Å². The summed E-state index contributed by atoms with van der Waals surface area (Å²) >= 11 is 0. The Labute approximate surface area is 217 Å². The lowest BCUT2D eigenvalue weighted by atomic mass is 10.0. The van der Waals surface area contributed by atoms with Crippen LogP contribution in [0, 0.1) is 0 Å². The van der Waals surface area contributed by atoms with E-state index in [-0.39, 0.29) is 24.3 Å². The van der Waals surface area contributed by atoms with Gasteiger partial charge in [0.05, 0.1) is 0 Å². The van der Waals surface area contributed by atoms with E-state index in [9.17, 15) is 14.4 Å². The molecule has 4 amide bonds. The zero-order valence-corrected chi connectivity index (χ0v) is 21.3. The van der Waals surface area contributed by atoms with Crippen molar-refractivity contribution in [1.82, 2.24) is 20.3 Å². The van der Waals surface area contributed by atoms with Gasteiger partial charge in [-0.25, -0.2) is 10.3 Å². The summed E-state index contributed by atoms with van der Waals surface area (Å²) in [5.41, 5.74) is 5.75. The summed E-state index contributed by atoms with van der Waals surface area (Å²) in [4.78, 5) is 45.1. The van der Waals surface area contributed by atoms with Gasteiger partial charge >= 0.3 is 6.03 Å². The van der Waals surface area contributed by atoms with Crippen molar-refractivity contribution in [2.45, 2.75) is 39.0 Å². The molecule has 4 rings (SSSR count). The van der Waals surface area contributed by atoms with Crippen LogP contribution in [0.25, 0.3) is 22.0 Å². The van der Waals surface area contributed by atoms with E-state index in [1.54, 1.807) is 17.3 Å². The Balaban J connectivity index is 1.44. The first-order chi connectivity index (χ1) is 18.0. The van der Waals surface area contributed by atoms with Gasteiger partial charge in [-0.3, -0.25) is 19.7 Å². The van der Waals surface area contributed by atoms with Crippen molar-refractivity contribution in [2.75, 3.05) is 37.6 Å². The molecule has 0 radical (unpaired) electrons. The molecule has 37 heavy (non-hydrogen) atoms. The quantitative estimate of drug-likeness (QED) is 0.228. The van der Waals surface area contributed by atoms with Crippen molar-refractivity contribution < 1.29 is 19.6 Å². The van der Waals surface area contributed by atoms with E-state index >= 15 is 0 Å². The van der Waals surface area contributed by atoms with Gasteiger partial charge in [0.15, 0.2) is 0 Å². The highest BCUT2D eigenvalue weighted by molar-refractivity contribution is 5.93. The minimum Gasteiger partial charge on any atom is -0.361 e. The lowest BCUT2D eigenvalue weighted by Gasteiger charge is -2.37. The number of aromatic nitrogens is 1. The number of anilines is 1. The number of carbonyl (C=O) groups excluding carboxylic acids is 3. The summed E-state index contributed by atoms with van der Waals surface area (Å²) in [5, 5.41) is 9.79. The highest BCUT2D eigenvalue weighted by Gasteiger charge is 2.27. The largest absolute Gasteiger partial charge is 0.361 e. The average molecular weight is 506 g/mol. The first-order valence-electron chi connectivity index (χ1n) is 12.9. The minimum atomic E-state index is -0.378. The first-order valence-corrected chi connectivity index (χ1v) is 12.9. The molecule has 1 aliphatic heterocycles. The molecule has 3 aromatic rings. The molecule has 9 nitrogen and oxygen atoms in total. The van der Waals surface area contributed by atoms with E-state index < -0.39 is 0 Å². The van der Waals surface area contributed by atoms with E-state index in [0.717, 1.165) is 41.6 Å². The van der Waals surface area contributed by atoms with E-state index in [2.05, 4.69) is 23.2 Å². The van der Waals surface area contributed by atoms with Gasteiger partial charge in [0.2, 0.25) is 11.8 Å². The summed E-state index contributed by atoms with van der Waals surface area (Å²) in [7, 11) is 0. The molecule has 2 aromatic carbocycles. The first kappa shape index (κ1) is 26.2. The number of H-pyrrole nitrogens is 1. The molecular weight excluding hydrogens is 470 g/mol. The lowest BCUT2D eigenvalue weighted by molar-refractivity contribution is -0.130. The van der Waals surface area contributed by atoms with Crippen molar-refractivity contribution in [3.8, 4) is 11.1 Å².